The molecule has 10 nitrogen and oxygen atoms in total. The Balaban J connectivity index is 1.66. The molecule has 2 aliphatic carbocycles. The van der Waals surface area contributed by atoms with E-state index in [1.165, 1.54) is 11.0 Å². The number of esters is 2. The maximum absolute atomic E-state index is 12.4. The standard InChI is InChI=1S/C16H19NO9/c1-3-6-23-14(20)17-7-24-13(19)16(17)5-4-9-10(11(9)16)12(18)25-8-26-15(21)22-2/h3,9-11H,1,4-8H2,2H3/t9-,10-,11-,16-/m0/s1. The molecule has 1 heterocycles. The van der Waals surface area contributed by atoms with Crippen LogP contribution in [0.25, 0.3) is 0 Å². The van der Waals surface area contributed by atoms with Gasteiger partial charge in [-0.1, -0.05) is 12.7 Å². The fourth-order valence-corrected chi connectivity index (χ4v) is 4.00. The molecular formula is C16H19NO9. The van der Waals surface area contributed by atoms with Crippen LogP contribution in [0, 0.1) is 17.8 Å². The van der Waals surface area contributed by atoms with E-state index in [4.69, 9.17) is 14.2 Å². The number of fused-ring (bicyclic) bond motifs is 2. The molecule has 0 unspecified atom stereocenters. The summed E-state index contributed by atoms with van der Waals surface area (Å²) >= 11 is 0. The van der Waals surface area contributed by atoms with Crippen molar-refractivity contribution in [3.8, 4) is 0 Å². The van der Waals surface area contributed by atoms with E-state index in [1.54, 1.807) is 0 Å². The van der Waals surface area contributed by atoms with E-state index in [0.29, 0.717) is 12.8 Å². The molecule has 2 saturated carbocycles. The molecule has 0 radical (unpaired) electrons. The van der Waals surface area contributed by atoms with Gasteiger partial charge in [0.25, 0.3) is 0 Å². The summed E-state index contributed by atoms with van der Waals surface area (Å²) in [5, 5.41) is 0. The summed E-state index contributed by atoms with van der Waals surface area (Å²) in [4.78, 5) is 49.0. The number of hydrogen-bond acceptors (Lipinski definition) is 9. The number of carbonyl (C=O) groups excluding carboxylic acids is 4. The second kappa shape index (κ2) is 6.85. The lowest BCUT2D eigenvalue weighted by Gasteiger charge is -2.31. The van der Waals surface area contributed by atoms with Crippen LogP contribution in [-0.4, -0.2) is 61.9 Å². The van der Waals surface area contributed by atoms with Gasteiger partial charge in [-0.3, -0.25) is 9.69 Å². The summed E-state index contributed by atoms with van der Waals surface area (Å²) in [5.74, 6) is -2.20. The highest BCUT2D eigenvalue weighted by Gasteiger charge is 2.76. The van der Waals surface area contributed by atoms with Crippen molar-refractivity contribution in [3.63, 3.8) is 0 Å². The highest BCUT2D eigenvalue weighted by molar-refractivity contribution is 5.92. The summed E-state index contributed by atoms with van der Waals surface area (Å²) in [5.41, 5.74) is -1.21. The number of nitrogens with zero attached hydrogens (tertiary/aromatic N) is 1. The van der Waals surface area contributed by atoms with Crippen molar-refractivity contribution in [1.82, 2.24) is 4.90 Å². The molecule has 3 fully saturated rings. The van der Waals surface area contributed by atoms with Gasteiger partial charge in [-0.25, -0.2) is 14.4 Å². The number of hydrogen-bond donors (Lipinski definition) is 0. The van der Waals surface area contributed by atoms with Crippen molar-refractivity contribution < 1.29 is 42.9 Å². The van der Waals surface area contributed by atoms with Crippen molar-refractivity contribution in [2.45, 2.75) is 18.4 Å². The number of cyclic esters (lactones) is 1. The smallest absolute Gasteiger partial charge is 0.445 e. The van der Waals surface area contributed by atoms with Crippen LogP contribution in [0.4, 0.5) is 9.59 Å². The topological polar surface area (TPSA) is 118 Å². The Hall–Kier alpha value is -2.78. The summed E-state index contributed by atoms with van der Waals surface area (Å²) in [6, 6.07) is 0. The van der Waals surface area contributed by atoms with Gasteiger partial charge in [0.05, 0.1) is 13.0 Å². The molecule has 10 heteroatoms. The number of methoxy groups -OCH3 is 1. The normalized spacial score (nSPS) is 31.0. The van der Waals surface area contributed by atoms with Crippen molar-refractivity contribution in [3.05, 3.63) is 12.7 Å². The first kappa shape index (κ1) is 18.0. The van der Waals surface area contributed by atoms with E-state index in [1.807, 2.05) is 0 Å². The molecule has 1 saturated heterocycles. The lowest BCUT2D eigenvalue weighted by atomic mass is 9.89. The van der Waals surface area contributed by atoms with Gasteiger partial charge in [0.1, 0.15) is 6.61 Å². The molecule has 3 aliphatic rings. The molecule has 142 valence electrons. The van der Waals surface area contributed by atoms with Crippen molar-refractivity contribution >= 4 is 24.2 Å². The second-order valence-electron chi connectivity index (χ2n) is 6.21. The lowest BCUT2D eigenvalue weighted by Crippen LogP contribution is -2.52. The minimum atomic E-state index is -1.21. The van der Waals surface area contributed by atoms with E-state index in [2.05, 4.69) is 16.1 Å². The molecule has 0 bridgehead atoms. The first-order valence-electron chi connectivity index (χ1n) is 8.07. The Morgan fingerprint density at radius 1 is 1.35 bits per heavy atom. The summed E-state index contributed by atoms with van der Waals surface area (Å²) in [7, 11) is 1.13. The van der Waals surface area contributed by atoms with Crippen molar-refractivity contribution in [2.75, 3.05) is 27.2 Å². The molecule has 0 aromatic heterocycles. The first-order valence-corrected chi connectivity index (χ1v) is 8.07. The Kier molecular flexibility index (Phi) is 4.75. The van der Waals surface area contributed by atoms with Crippen LogP contribution in [0.1, 0.15) is 12.8 Å². The summed E-state index contributed by atoms with van der Waals surface area (Å²) in [6.45, 7) is 2.68. The molecule has 0 aromatic rings. The maximum Gasteiger partial charge on any atom is 0.510 e. The van der Waals surface area contributed by atoms with Gasteiger partial charge in [-0.15, -0.1) is 0 Å². The number of ether oxygens (including phenoxy) is 5. The third kappa shape index (κ3) is 2.74. The van der Waals surface area contributed by atoms with E-state index < -0.39 is 48.4 Å². The van der Waals surface area contributed by atoms with Crippen molar-refractivity contribution in [2.24, 2.45) is 17.8 Å². The lowest BCUT2D eigenvalue weighted by molar-refractivity contribution is -0.156. The highest BCUT2D eigenvalue weighted by atomic mass is 16.8. The van der Waals surface area contributed by atoms with Crippen LogP contribution in [0.15, 0.2) is 12.7 Å². The first-order chi connectivity index (χ1) is 12.5. The third-order valence-electron chi connectivity index (χ3n) is 5.10. The fourth-order valence-electron chi connectivity index (χ4n) is 4.00. The fraction of sp³-hybridized carbons (Fsp3) is 0.625. The van der Waals surface area contributed by atoms with Crippen LogP contribution in [0.3, 0.4) is 0 Å². The third-order valence-corrected chi connectivity index (χ3v) is 5.10. The summed E-state index contributed by atoms with van der Waals surface area (Å²) in [6.07, 6.45) is 0.722. The molecule has 1 spiro atoms. The average molecular weight is 369 g/mol. The molecule has 4 atom stereocenters. The Morgan fingerprint density at radius 2 is 2.12 bits per heavy atom. The highest BCUT2D eigenvalue weighted by Crippen LogP contribution is 2.65. The zero-order valence-corrected chi connectivity index (χ0v) is 14.2. The van der Waals surface area contributed by atoms with Gasteiger partial charge < -0.3 is 23.7 Å². The Labute approximate surface area is 148 Å². The van der Waals surface area contributed by atoms with Crippen LogP contribution < -0.4 is 0 Å². The zero-order chi connectivity index (χ0) is 18.9. The van der Waals surface area contributed by atoms with Gasteiger partial charge >= 0.3 is 24.2 Å². The Bertz CT molecular complexity index is 648. The molecule has 0 N–H and O–H groups in total. The van der Waals surface area contributed by atoms with Crippen LogP contribution >= 0.6 is 0 Å². The monoisotopic (exact) mass is 369 g/mol. The van der Waals surface area contributed by atoms with Crippen LogP contribution in [-0.2, 0) is 33.3 Å². The van der Waals surface area contributed by atoms with Crippen LogP contribution in [0.5, 0.6) is 0 Å². The molecule has 1 aliphatic heterocycles. The van der Waals surface area contributed by atoms with E-state index in [9.17, 15) is 19.2 Å². The van der Waals surface area contributed by atoms with Gasteiger partial charge in [0, 0.05) is 5.92 Å². The van der Waals surface area contributed by atoms with Crippen molar-refractivity contribution in [1.29, 1.82) is 0 Å². The van der Waals surface area contributed by atoms with E-state index >= 15 is 0 Å². The molecule has 3 rings (SSSR count). The van der Waals surface area contributed by atoms with E-state index in [0.717, 1.165) is 7.11 Å². The van der Waals surface area contributed by atoms with Gasteiger partial charge in [0.2, 0.25) is 6.79 Å². The number of rotatable bonds is 5. The van der Waals surface area contributed by atoms with Gasteiger partial charge in [0.15, 0.2) is 12.3 Å². The largest absolute Gasteiger partial charge is 0.510 e. The zero-order valence-electron chi connectivity index (χ0n) is 14.2. The maximum atomic E-state index is 12.4. The molecule has 26 heavy (non-hydrogen) atoms. The van der Waals surface area contributed by atoms with Gasteiger partial charge in [-0.2, -0.15) is 0 Å². The number of carbonyl (C=O) groups is 4. The average Bonchev–Trinajstić information content (AvgIpc) is 3.11. The second-order valence-corrected chi connectivity index (χ2v) is 6.21. The van der Waals surface area contributed by atoms with E-state index in [-0.39, 0.29) is 19.3 Å². The molecule has 0 aromatic carbocycles. The predicted octanol–water partition coefficient (Wildman–Crippen LogP) is 0.804. The minimum Gasteiger partial charge on any atom is -0.445 e. The predicted molar refractivity (Wildman–Crippen MR) is 81.2 cm³/mol. The Morgan fingerprint density at radius 3 is 2.81 bits per heavy atom. The quantitative estimate of drug-likeness (QED) is 0.300. The molecular weight excluding hydrogens is 350 g/mol. The van der Waals surface area contributed by atoms with Crippen LogP contribution in [0.2, 0.25) is 0 Å². The SMILES string of the molecule is C=CCOC(=O)N1COC(=O)[C@@]12CC[C@H]1[C@H](C(=O)OCOC(=O)OC)[C@H]12. The number of amides is 1. The van der Waals surface area contributed by atoms with Gasteiger partial charge in [-0.05, 0) is 18.8 Å². The summed E-state index contributed by atoms with van der Waals surface area (Å²) < 4.78 is 23.8. The molecule has 1 amide bonds. The minimum absolute atomic E-state index is 0.00400.